The minimum atomic E-state index is -0.0647. The predicted molar refractivity (Wildman–Crippen MR) is 105 cm³/mol. The fourth-order valence-corrected chi connectivity index (χ4v) is 2.31. The Morgan fingerprint density at radius 2 is 1.85 bits per heavy atom. The van der Waals surface area contributed by atoms with Crippen molar-refractivity contribution in [2.24, 2.45) is 5.92 Å². The van der Waals surface area contributed by atoms with Gasteiger partial charge in [0.25, 0.3) is 0 Å². The molecule has 0 heterocycles. The van der Waals surface area contributed by atoms with Crippen molar-refractivity contribution in [2.45, 2.75) is 26.8 Å². The molecule has 2 N–H and O–H groups in total. The molecule has 2 rings (SSSR count). The first kappa shape index (κ1) is 19.6. The van der Waals surface area contributed by atoms with Gasteiger partial charge < -0.3 is 20.1 Å². The summed E-state index contributed by atoms with van der Waals surface area (Å²) >= 11 is 0. The molecule has 0 fully saturated rings. The van der Waals surface area contributed by atoms with Crippen molar-refractivity contribution >= 4 is 11.6 Å². The fourth-order valence-electron chi connectivity index (χ4n) is 2.31. The zero-order valence-corrected chi connectivity index (χ0v) is 15.7. The van der Waals surface area contributed by atoms with E-state index in [1.54, 1.807) is 7.11 Å². The lowest BCUT2D eigenvalue weighted by atomic mass is 10.1. The Bertz CT molecular complexity index is 684. The van der Waals surface area contributed by atoms with Gasteiger partial charge in [-0.2, -0.15) is 0 Å². The molecule has 5 heteroatoms. The molecule has 140 valence electrons. The maximum atomic E-state index is 12.0. The lowest BCUT2D eigenvalue weighted by Gasteiger charge is -2.10. The Morgan fingerprint density at radius 1 is 1.08 bits per heavy atom. The Balaban J connectivity index is 1.71. The van der Waals surface area contributed by atoms with Crippen LogP contribution in [0.25, 0.3) is 0 Å². The van der Waals surface area contributed by atoms with Crippen LogP contribution >= 0.6 is 0 Å². The van der Waals surface area contributed by atoms with Gasteiger partial charge in [0, 0.05) is 12.2 Å². The first-order valence-electron chi connectivity index (χ1n) is 8.93. The molecular weight excluding hydrogens is 328 g/mol. The summed E-state index contributed by atoms with van der Waals surface area (Å²) in [5.41, 5.74) is 1.89. The van der Waals surface area contributed by atoms with Crippen LogP contribution in [0.5, 0.6) is 11.5 Å². The molecule has 0 unspecified atom stereocenters. The summed E-state index contributed by atoms with van der Waals surface area (Å²) in [6.45, 7) is 5.76. The van der Waals surface area contributed by atoms with Gasteiger partial charge in [-0.05, 0) is 54.3 Å². The number of hydrogen-bond acceptors (Lipinski definition) is 4. The molecule has 0 aliphatic heterocycles. The van der Waals surface area contributed by atoms with E-state index >= 15 is 0 Å². The molecule has 1 amide bonds. The molecular formula is C21H28N2O3. The van der Waals surface area contributed by atoms with E-state index in [1.807, 2.05) is 48.5 Å². The SMILES string of the molecule is COc1cccc(CNC(=O)CNc2ccc(OCCC(C)C)cc2)c1. The highest BCUT2D eigenvalue weighted by Crippen LogP contribution is 2.16. The molecule has 5 nitrogen and oxygen atoms in total. The quantitative estimate of drug-likeness (QED) is 0.679. The van der Waals surface area contributed by atoms with Gasteiger partial charge in [-0.15, -0.1) is 0 Å². The van der Waals surface area contributed by atoms with Crippen molar-refractivity contribution in [3.8, 4) is 11.5 Å². The molecule has 2 aromatic carbocycles. The van der Waals surface area contributed by atoms with Crippen LogP contribution in [0.1, 0.15) is 25.8 Å². The summed E-state index contributed by atoms with van der Waals surface area (Å²) in [6.07, 6.45) is 1.04. The van der Waals surface area contributed by atoms with Gasteiger partial charge in [0.1, 0.15) is 11.5 Å². The minimum Gasteiger partial charge on any atom is -0.497 e. The molecule has 0 saturated heterocycles. The summed E-state index contributed by atoms with van der Waals surface area (Å²) in [5.74, 6) is 2.20. The van der Waals surface area contributed by atoms with Crippen LogP contribution in [0.2, 0.25) is 0 Å². The Hall–Kier alpha value is -2.69. The maximum Gasteiger partial charge on any atom is 0.239 e. The smallest absolute Gasteiger partial charge is 0.239 e. The second-order valence-electron chi connectivity index (χ2n) is 6.54. The average molecular weight is 356 g/mol. The standard InChI is InChI=1S/C21H28N2O3/c1-16(2)11-12-26-19-9-7-18(8-10-19)22-15-21(24)23-14-17-5-4-6-20(13-17)25-3/h4-10,13,16,22H,11-12,14-15H2,1-3H3,(H,23,24). The van der Waals surface area contributed by atoms with E-state index in [0.29, 0.717) is 12.5 Å². The van der Waals surface area contributed by atoms with E-state index in [1.165, 1.54) is 0 Å². The second-order valence-corrected chi connectivity index (χ2v) is 6.54. The fraction of sp³-hybridized carbons (Fsp3) is 0.381. The van der Waals surface area contributed by atoms with Crippen molar-refractivity contribution in [2.75, 3.05) is 25.6 Å². The first-order chi connectivity index (χ1) is 12.6. The van der Waals surface area contributed by atoms with Crippen LogP contribution < -0.4 is 20.1 Å². The van der Waals surface area contributed by atoms with Gasteiger partial charge in [-0.1, -0.05) is 26.0 Å². The van der Waals surface area contributed by atoms with Crippen molar-refractivity contribution in [3.05, 3.63) is 54.1 Å². The highest BCUT2D eigenvalue weighted by atomic mass is 16.5. The lowest BCUT2D eigenvalue weighted by molar-refractivity contribution is -0.119. The number of benzene rings is 2. The van der Waals surface area contributed by atoms with E-state index in [4.69, 9.17) is 9.47 Å². The number of amides is 1. The summed E-state index contributed by atoms with van der Waals surface area (Å²) in [7, 11) is 1.63. The molecule has 0 saturated carbocycles. The van der Waals surface area contributed by atoms with E-state index < -0.39 is 0 Å². The Labute approximate surface area is 155 Å². The molecule has 0 atom stereocenters. The Kier molecular flexibility index (Phi) is 7.80. The molecule has 0 spiro atoms. The zero-order chi connectivity index (χ0) is 18.8. The normalized spacial score (nSPS) is 10.5. The van der Waals surface area contributed by atoms with Gasteiger partial charge in [-0.25, -0.2) is 0 Å². The number of hydrogen-bond donors (Lipinski definition) is 2. The van der Waals surface area contributed by atoms with E-state index in [9.17, 15) is 4.79 Å². The van der Waals surface area contributed by atoms with Gasteiger partial charge in [-0.3, -0.25) is 4.79 Å². The molecule has 26 heavy (non-hydrogen) atoms. The topological polar surface area (TPSA) is 59.6 Å². The van der Waals surface area contributed by atoms with Gasteiger partial charge in [0.05, 0.1) is 20.3 Å². The third-order valence-corrected chi connectivity index (χ3v) is 3.90. The Morgan fingerprint density at radius 3 is 2.54 bits per heavy atom. The molecule has 0 aliphatic rings. The molecule has 0 aliphatic carbocycles. The molecule has 2 aromatic rings. The summed E-state index contributed by atoms with van der Waals surface area (Å²) in [5, 5.41) is 6.00. The third-order valence-electron chi connectivity index (χ3n) is 3.90. The summed E-state index contributed by atoms with van der Waals surface area (Å²) < 4.78 is 10.9. The van der Waals surface area contributed by atoms with E-state index in [2.05, 4.69) is 24.5 Å². The first-order valence-corrected chi connectivity index (χ1v) is 8.93. The number of nitrogens with one attached hydrogen (secondary N) is 2. The minimum absolute atomic E-state index is 0.0647. The number of carbonyl (C=O) groups is 1. The van der Waals surface area contributed by atoms with Crippen LogP contribution in [0.4, 0.5) is 5.69 Å². The maximum absolute atomic E-state index is 12.0. The highest BCUT2D eigenvalue weighted by molar-refractivity contribution is 5.80. The van der Waals surface area contributed by atoms with Crippen molar-refractivity contribution in [1.29, 1.82) is 0 Å². The van der Waals surface area contributed by atoms with E-state index in [0.717, 1.165) is 35.8 Å². The number of methoxy groups -OCH3 is 1. The molecule has 0 bridgehead atoms. The number of anilines is 1. The van der Waals surface area contributed by atoms with Crippen LogP contribution in [0.15, 0.2) is 48.5 Å². The molecule has 0 radical (unpaired) electrons. The average Bonchev–Trinajstić information content (AvgIpc) is 2.65. The van der Waals surface area contributed by atoms with Gasteiger partial charge in [0.2, 0.25) is 5.91 Å². The summed E-state index contributed by atoms with van der Waals surface area (Å²) in [6, 6.07) is 15.3. The highest BCUT2D eigenvalue weighted by Gasteiger charge is 2.03. The van der Waals surface area contributed by atoms with Crippen LogP contribution in [0, 0.1) is 5.92 Å². The summed E-state index contributed by atoms with van der Waals surface area (Å²) in [4.78, 5) is 12.0. The lowest BCUT2D eigenvalue weighted by Crippen LogP contribution is -2.29. The number of rotatable bonds is 10. The van der Waals surface area contributed by atoms with Crippen molar-refractivity contribution in [3.63, 3.8) is 0 Å². The van der Waals surface area contributed by atoms with Crippen LogP contribution in [-0.4, -0.2) is 26.2 Å². The molecule has 0 aromatic heterocycles. The zero-order valence-electron chi connectivity index (χ0n) is 15.7. The van der Waals surface area contributed by atoms with Crippen LogP contribution in [-0.2, 0) is 11.3 Å². The monoisotopic (exact) mass is 356 g/mol. The number of ether oxygens (including phenoxy) is 2. The predicted octanol–water partition coefficient (Wildman–Crippen LogP) is 3.85. The van der Waals surface area contributed by atoms with Crippen molar-refractivity contribution in [1.82, 2.24) is 5.32 Å². The van der Waals surface area contributed by atoms with Gasteiger partial charge >= 0.3 is 0 Å². The van der Waals surface area contributed by atoms with Crippen LogP contribution in [0.3, 0.4) is 0 Å². The largest absolute Gasteiger partial charge is 0.497 e. The van der Waals surface area contributed by atoms with E-state index in [-0.39, 0.29) is 12.5 Å². The van der Waals surface area contributed by atoms with Crippen molar-refractivity contribution < 1.29 is 14.3 Å². The third kappa shape index (κ3) is 7.05. The van der Waals surface area contributed by atoms with Gasteiger partial charge in [0.15, 0.2) is 0 Å². The second kappa shape index (κ2) is 10.3. The number of carbonyl (C=O) groups excluding carboxylic acids is 1.